The number of halogens is 1. The van der Waals surface area contributed by atoms with Crippen LogP contribution in [0.4, 0.5) is 5.95 Å². The Kier molecular flexibility index (Phi) is 2.18. The zero-order valence-corrected chi connectivity index (χ0v) is 9.65. The average Bonchev–Trinajstić information content (AvgIpc) is 2.14. The van der Waals surface area contributed by atoms with Gasteiger partial charge in [0.25, 0.3) is 5.56 Å². The molecule has 72 valence electrons. The highest BCUT2D eigenvalue weighted by molar-refractivity contribution is 14.1. The number of hydrogen-bond acceptors (Lipinski definition) is 3. The quantitative estimate of drug-likeness (QED) is 0.742. The number of nitrogens with two attached hydrogens (primary N) is 1. The Balaban J connectivity index is 2.98. The first-order valence-electron chi connectivity index (χ1n) is 4.01. The molecule has 1 aromatic carbocycles. The first kappa shape index (κ1) is 9.45. The smallest absolute Gasteiger partial charge is 0.262 e. The first-order chi connectivity index (χ1) is 6.59. The van der Waals surface area contributed by atoms with Crippen LogP contribution in [0.25, 0.3) is 10.9 Å². The van der Waals surface area contributed by atoms with Crippen LogP contribution < -0.4 is 11.3 Å². The maximum absolute atomic E-state index is 11.7. The summed E-state index contributed by atoms with van der Waals surface area (Å²) in [7, 11) is 1.61. The minimum atomic E-state index is -0.107. The summed E-state index contributed by atoms with van der Waals surface area (Å²) in [6.45, 7) is 0. The van der Waals surface area contributed by atoms with Crippen LogP contribution in [0, 0.1) is 3.57 Å². The molecule has 0 aliphatic rings. The van der Waals surface area contributed by atoms with Crippen molar-refractivity contribution in [1.29, 1.82) is 0 Å². The van der Waals surface area contributed by atoms with E-state index in [-0.39, 0.29) is 11.5 Å². The molecular weight excluding hydrogens is 293 g/mol. The normalized spacial score (nSPS) is 10.7. The molecule has 0 aliphatic heterocycles. The molecule has 0 spiro atoms. The van der Waals surface area contributed by atoms with Crippen molar-refractivity contribution in [2.24, 2.45) is 7.05 Å². The van der Waals surface area contributed by atoms with Crippen LogP contribution in [0.2, 0.25) is 0 Å². The van der Waals surface area contributed by atoms with Crippen molar-refractivity contribution < 1.29 is 0 Å². The van der Waals surface area contributed by atoms with Gasteiger partial charge >= 0.3 is 0 Å². The lowest BCUT2D eigenvalue weighted by Crippen LogP contribution is -2.21. The summed E-state index contributed by atoms with van der Waals surface area (Å²) < 4.78 is 2.38. The van der Waals surface area contributed by atoms with Crippen molar-refractivity contribution in [3.63, 3.8) is 0 Å². The summed E-state index contributed by atoms with van der Waals surface area (Å²) in [4.78, 5) is 15.8. The predicted octanol–water partition coefficient (Wildman–Crippen LogP) is 1.12. The van der Waals surface area contributed by atoms with E-state index in [9.17, 15) is 4.79 Å². The van der Waals surface area contributed by atoms with Crippen LogP contribution in [0.1, 0.15) is 0 Å². The zero-order chi connectivity index (χ0) is 10.3. The van der Waals surface area contributed by atoms with Gasteiger partial charge in [-0.2, -0.15) is 0 Å². The number of nitrogen functional groups attached to an aromatic ring is 1. The van der Waals surface area contributed by atoms with Crippen LogP contribution in [-0.2, 0) is 7.05 Å². The highest BCUT2D eigenvalue weighted by Crippen LogP contribution is 2.13. The Hall–Kier alpha value is -1.11. The molecule has 4 nitrogen and oxygen atoms in total. The summed E-state index contributed by atoms with van der Waals surface area (Å²) in [6.07, 6.45) is 0. The second-order valence-corrected chi connectivity index (χ2v) is 4.24. The van der Waals surface area contributed by atoms with Crippen molar-refractivity contribution in [2.45, 2.75) is 0 Å². The van der Waals surface area contributed by atoms with Crippen LogP contribution in [0.3, 0.4) is 0 Å². The van der Waals surface area contributed by atoms with Crippen molar-refractivity contribution in [3.05, 3.63) is 32.1 Å². The number of anilines is 1. The van der Waals surface area contributed by atoms with E-state index in [2.05, 4.69) is 27.6 Å². The van der Waals surface area contributed by atoms with Crippen molar-refractivity contribution in [2.75, 3.05) is 5.73 Å². The van der Waals surface area contributed by atoms with Crippen molar-refractivity contribution in [1.82, 2.24) is 9.55 Å². The Bertz CT molecular complexity index is 562. The molecule has 0 bridgehead atoms. The summed E-state index contributed by atoms with van der Waals surface area (Å²) in [5.41, 5.74) is 6.13. The molecular formula is C9H8IN3O. The molecule has 1 heterocycles. The molecule has 2 aromatic rings. The molecule has 0 saturated carbocycles. The van der Waals surface area contributed by atoms with Gasteiger partial charge < -0.3 is 5.73 Å². The van der Waals surface area contributed by atoms with Gasteiger partial charge in [-0.15, -0.1) is 0 Å². The van der Waals surface area contributed by atoms with Crippen LogP contribution >= 0.6 is 22.6 Å². The van der Waals surface area contributed by atoms with Gasteiger partial charge in [0.05, 0.1) is 10.9 Å². The molecule has 0 fully saturated rings. The monoisotopic (exact) mass is 301 g/mol. The lowest BCUT2D eigenvalue weighted by atomic mass is 10.2. The molecule has 2 N–H and O–H groups in total. The highest BCUT2D eigenvalue weighted by atomic mass is 127. The van der Waals surface area contributed by atoms with E-state index >= 15 is 0 Å². The van der Waals surface area contributed by atoms with Gasteiger partial charge in [0.1, 0.15) is 0 Å². The van der Waals surface area contributed by atoms with E-state index in [1.54, 1.807) is 13.1 Å². The zero-order valence-electron chi connectivity index (χ0n) is 7.49. The second kappa shape index (κ2) is 3.23. The fraction of sp³-hybridized carbons (Fsp3) is 0.111. The maximum atomic E-state index is 11.7. The number of aromatic nitrogens is 2. The first-order valence-corrected chi connectivity index (χ1v) is 5.09. The van der Waals surface area contributed by atoms with E-state index in [1.807, 2.05) is 12.1 Å². The van der Waals surface area contributed by atoms with E-state index in [1.165, 1.54) is 4.57 Å². The van der Waals surface area contributed by atoms with E-state index < -0.39 is 0 Å². The third kappa shape index (κ3) is 1.37. The van der Waals surface area contributed by atoms with Crippen LogP contribution in [0.5, 0.6) is 0 Å². The molecule has 14 heavy (non-hydrogen) atoms. The molecule has 1 aromatic heterocycles. The minimum Gasteiger partial charge on any atom is -0.369 e. The van der Waals surface area contributed by atoms with E-state index in [4.69, 9.17) is 5.73 Å². The summed E-state index contributed by atoms with van der Waals surface area (Å²) in [5, 5.41) is 0.599. The van der Waals surface area contributed by atoms with Gasteiger partial charge in [0.15, 0.2) is 0 Å². The lowest BCUT2D eigenvalue weighted by Gasteiger charge is -2.04. The number of fused-ring (bicyclic) bond motifs is 1. The van der Waals surface area contributed by atoms with Gasteiger partial charge in [0, 0.05) is 10.6 Å². The van der Waals surface area contributed by atoms with Gasteiger partial charge in [-0.05, 0) is 40.8 Å². The van der Waals surface area contributed by atoms with Crippen molar-refractivity contribution >= 4 is 39.4 Å². The van der Waals surface area contributed by atoms with Crippen molar-refractivity contribution in [3.8, 4) is 0 Å². The van der Waals surface area contributed by atoms with Crippen LogP contribution in [-0.4, -0.2) is 9.55 Å². The molecule has 2 rings (SSSR count). The molecule has 0 radical (unpaired) electrons. The van der Waals surface area contributed by atoms with Gasteiger partial charge in [-0.3, -0.25) is 9.36 Å². The summed E-state index contributed by atoms with van der Waals surface area (Å²) in [5.74, 6) is 0.240. The topological polar surface area (TPSA) is 60.9 Å². The van der Waals surface area contributed by atoms with E-state index in [0.29, 0.717) is 10.9 Å². The van der Waals surface area contributed by atoms with Crippen LogP contribution in [0.15, 0.2) is 23.0 Å². The maximum Gasteiger partial charge on any atom is 0.262 e. The lowest BCUT2D eigenvalue weighted by molar-refractivity contribution is 0.861. The fourth-order valence-corrected chi connectivity index (χ4v) is 1.74. The largest absolute Gasteiger partial charge is 0.369 e. The second-order valence-electron chi connectivity index (χ2n) is 3.00. The number of benzene rings is 1. The summed E-state index contributed by atoms with van der Waals surface area (Å²) >= 11 is 2.17. The Morgan fingerprint density at radius 2 is 2.21 bits per heavy atom. The van der Waals surface area contributed by atoms with Gasteiger partial charge in [-0.1, -0.05) is 0 Å². The predicted molar refractivity (Wildman–Crippen MR) is 64.1 cm³/mol. The van der Waals surface area contributed by atoms with Gasteiger partial charge in [0.2, 0.25) is 5.95 Å². The average molecular weight is 301 g/mol. The fourth-order valence-electron chi connectivity index (χ4n) is 1.26. The summed E-state index contributed by atoms with van der Waals surface area (Å²) in [6, 6.07) is 5.49. The highest BCUT2D eigenvalue weighted by Gasteiger charge is 2.05. The van der Waals surface area contributed by atoms with E-state index in [0.717, 1.165) is 3.57 Å². The standard InChI is InChI=1S/C9H8IN3O/c1-13-8(14)6-3-2-5(10)4-7(6)12-9(13)11/h2-4H,1H3,(H2,11,12). The number of hydrogen-bond donors (Lipinski definition) is 1. The SMILES string of the molecule is Cn1c(N)nc2cc(I)ccc2c1=O. The molecule has 0 saturated heterocycles. The Morgan fingerprint density at radius 1 is 1.50 bits per heavy atom. The van der Waals surface area contributed by atoms with Gasteiger partial charge in [-0.25, -0.2) is 4.98 Å². The molecule has 0 unspecified atom stereocenters. The Morgan fingerprint density at radius 3 is 2.93 bits per heavy atom. The molecule has 0 atom stereocenters. The third-order valence-electron chi connectivity index (χ3n) is 2.07. The minimum absolute atomic E-state index is 0.107. The molecule has 5 heteroatoms. The Labute approximate surface area is 93.9 Å². The third-order valence-corrected chi connectivity index (χ3v) is 2.74. The molecule has 0 aliphatic carbocycles. The molecule has 0 amide bonds. The number of nitrogens with zero attached hydrogens (tertiary/aromatic N) is 2. The number of rotatable bonds is 0.